The van der Waals surface area contributed by atoms with Gasteiger partial charge in [-0.15, -0.1) is 11.3 Å². The number of fused-ring (bicyclic) bond motifs is 1. The third kappa shape index (κ3) is 2.49. The molecule has 100 valence electrons. The number of alkyl halides is 3. The van der Waals surface area contributed by atoms with Crippen molar-refractivity contribution in [1.29, 1.82) is 0 Å². The van der Waals surface area contributed by atoms with Crippen LogP contribution in [0.1, 0.15) is 15.2 Å². The van der Waals surface area contributed by atoms with Crippen molar-refractivity contribution in [3.63, 3.8) is 0 Å². The summed E-state index contributed by atoms with van der Waals surface area (Å²) in [6.07, 6.45) is -4.50. The maximum absolute atomic E-state index is 12.7. The van der Waals surface area contributed by atoms with Gasteiger partial charge in [0.25, 0.3) is 0 Å². The summed E-state index contributed by atoms with van der Waals surface area (Å²) in [5.74, 6) is -0.565. The molecule has 1 aromatic heterocycles. The van der Waals surface area contributed by atoms with E-state index >= 15 is 0 Å². The summed E-state index contributed by atoms with van der Waals surface area (Å²) >= 11 is 0.966. The van der Waals surface area contributed by atoms with Crippen LogP contribution in [0, 0.1) is 0 Å². The lowest BCUT2D eigenvalue weighted by molar-refractivity contribution is -0.0685. The van der Waals surface area contributed by atoms with Crippen molar-refractivity contribution < 1.29 is 22.7 Å². The molecule has 0 aliphatic carbocycles. The first-order chi connectivity index (χ1) is 8.84. The summed E-state index contributed by atoms with van der Waals surface area (Å²) in [4.78, 5) is 11.7. The van der Waals surface area contributed by atoms with Crippen LogP contribution in [0.2, 0.25) is 0 Å². The predicted molar refractivity (Wildman–Crippen MR) is 68.3 cm³/mol. The summed E-state index contributed by atoms with van der Waals surface area (Å²) in [5, 5.41) is 0.563. The summed E-state index contributed by atoms with van der Waals surface area (Å²) in [6.45, 7) is 3.09. The van der Waals surface area contributed by atoms with Crippen molar-refractivity contribution in [2.45, 2.75) is 6.18 Å². The molecule has 19 heavy (non-hydrogen) atoms. The molecule has 1 heterocycles. The highest BCUT2D eigenvalue weighted by Crippen LogP contribution is 2.39. The Balaban J connectivity index is 2.61. The molecule has 0 unspecified atom stereocenters. The van der Waals surface area contributed by atoms with Crippen molar-refractivity contribution in [1.82, 2.24) is 0 Å². The zero-order valence-corrected chi connectivity index (χ0v) is 10.7. The van der Waals surface area contributed by atoms with Crippen LogP contribution in [0.5, 0.6) is 0 Å². The Bertz CT molecular complexity index is 655. The largest absolute Gasteiger partial charge is 0.465 e. The molecule has 0 saturated heterocycles. The molecule has 0 fully saturated rings. The van der Waals surface area contributed by atoms with Crippen LogP contribution >= 0.6 is 11.3 Å². The van der Waals surface area contributed by atoms with E-state index in [2.05, 4.69) is 11.3 Å². The molecular weight excluding hydrogens is 277 g/mol. The highest BCUT2D eigenvalue weighted by atomic mass is 32.1. The van der Waals surface area contributed by atoms with E-state index < -0.39 is 17.7 Å². The fourth-order valence-corrected chi connectivity index (χ4v) is 2.77. The van der Waals surface area contributed by atoms with Gasteiger partial charge in [0.1, 0.15) is 4.88 Å². The Morgan fingerprint density at radius 3 is 2.63 bits per heavy atom. The van der Waals surface area contributed by atoms with Crippen molar-refractivity contribution >= 4 is 33.0 Å². The standard InChI is InChI=1S/C13H9F3O2S/c1-7(13(14,15)16)9-5-3-4-8-6-10(12(17)18-2)19-11(8)9/h3-6H,1H2,2H3. The molecule has 0 amide bonds. The fraction of sp³-hybridized carbons (Fsp3) is 0.154. The van der Waals surface area contributed by atoms with Crippen LogP contribution in [-0.2, 0) is 4.74 Å². The van der Waals surface area contributed by atoms with Crippen molar-refractivity contribution in [3.05, 3.63) is 41.3 Å². The van der Waals surface area contributed by atoms with Gasteiger partial charge in [0.2, 0.25) is 0 Å². The average Bonchev–Trinajstić information content (AvgIpc) is 2.79. The minimum atomic E-state index is -4.50. The minimum absolute atomic E-state index is 0.00912. The molecule has 0 aliphatic heterocycles. The third-order valence-electron chi connectivity index (χ3n) is 2.60. The highest BCUT2D eigenvalue weighted by molar-refractivity contribution is 7.21. The number of hydrogen-bond acceptors (Lipinski definition) is 3. The van der Waals surface area contributed by atoms with E-state index in [1.54, 1.807) is 6.07 Å². The van der Waals surface area contributed by atoms with Gasteiger partial charge in [-0.25, -0.2) is 4.79 Å². The van der Waals surface area contributed by atoms with Gasteiger partial charge in [-0.3, -0.25) is 0 Å². The monoisotopic (exact) mass is 286 g/mol. The smallest absolute Gasteiger partial charge is 0.416 e. The fourth-order valence-electron chi connectivity index (χ4n) is 1.65. The molecule has 0 saturated carbocycles. The van der Waals surface area contributed by atoms with Gasteiger partial charge in [-0.05, 0) is 11.5 Å². The molecule has 2 aromatic rings. The average molecular weight is 286 g/mol. The first-order valence-electron chi connectivity index (χ1n) is 5.22. The normalized spacial score (nSPS) is 11.6. The first kappa shape index (κ1) is 13.6. The second-order valence-corrected chi connectivity index (χ2v) is 4.85. The van der Waals surface area contributed by atoms with Gasteiger partial charge in [-0.1, -0.05) is 24.8 Å². The molecule has 0 N–H and O–H groups in total. The molecular formula is C13H9F3O2S. The molecule has 1 aromatic carbocycles. The molecule has 0 aliphatic rings. The third-order valence-corrected chi connectivity index (χ3v) is 3.76. The van der Waals surface area contributed by atoms with E-state index in [1.165, 1.54) is 25.3 Å². The molecule has 0 bridgehead atoms. The molecule has 0 atom stereocenters. The molecule has 2 nitrogen and oxygen atoms in total. The number of benzene rings is 1. The first-order valence-corrected chi connectivity index (χ1v) is 6.03. The summed E-state index contributed by atoms with van der Waals surface area (Å²) < 4.78 is 43.1. The van der Waals surface area contributed by atoms with Crippen LogP contribution in [0.3, 0.4) is 0 Å². The number of hydrogen-bond donors (Lipinski definition) is 0. The summed E-state index contributed by atoms with van der Waals surface area (Å²) in [5.41, 5.74) is -0.929. The van der Waals surface area contributed by atoms with Crippen LogP contribution in [0.4, 0.5) is 13.2 Å². The van der Waals surface area contributed by atoms with Crippen LogP contribution in [0.25, 0.3) is 15.7 Å². The van der Waals surface area contributed by atoms with E-state index in [0.717, 1.165) is 11.3 Å². The maximum atomic E-state index is 12.7. The Morgan fingerprint density at radius 1 is 1.37 bits per heavy atom. The van der Waals surface area contributed by atoms with Gasteiger partial charge in [-0.2, -0.15) is 13.2 Å². The zero-order chi connectivity index (χ0) is 14.2. The highest BCUT2D eigenvalue weighted by Gasteiger charge is 2.34. The summed E-state index contributed by atoms with van der Waals surface area (Å²) in [6, 6.07) is 6.00. The molecule has 0 spiro atoms. The Labute approximate surface area is 111 Å². The number of methoxy groups -OCH3 is 1. The number of allylic oxidation sites excluding steroid dienone is 1. The molecule has 0 radical (unpaired) electrons. The lowest BCUT2D eigenvalue weighted by atomic mass is 10.1. The van der Waals surface area contributed by atoms with Crippen molar-refractivity contribution in [2.75, 3.05) is 7.11 Å². The SMILES string of the molecule is C=C(c1cccc2cc(C(=O)OC)sc12)C(F)(F)F. The topological polar surface area (TPSA) is 26.3 Å². The number of rotatable bonds is 2. The Hall–Kier alpha value is -1.82. The Morgan fingerprint density at radius 2 is 2.05 bits per heavy atom. The van der Waals surface area contributed by atoms with Gasteiger partial charge >= 0.3 is 12.1 Å². The van der Waals surface area contributed by atoms with Crippen molar-refractivity contribution in [2.24, 2.45) is 0 Å². The second-order valence-electron chi connectivity index (χ2n) is 3.80. The predicted octanol–water partition coefficient (Wildman–Crippen LogP) is 4.26. The number of halogens is 3. The van der Waals surface area contributed by atoms with E-state index in [1.807, 2.05) is 0 Å². The van der Waals surface area contributed by atoms with Gasteiger partial charge in [0.05, 0.1) is 12.7 Å². The van der Waals surface area contributed by atoms with Crippen LogP contribution in [0.15, 0.2) is 30.8 Å². The van der Waals surface area contributed by atoms with Crippen LogP contribution in [-0.4, -0.2) is 19.3 Å². The van der Waals surface area contributed by atoms with E-state index in [4.69, 9.17) is 0 Å². The van der Waals surface area contributed by atoms with E-state index in [0.29, 0.717) is 10.1 Å². The number of carbonyl (C=O) groups excluding carboxylic acids is 1. The Kier molecular flexibility index (Phi) is 3.36. The lowest BCUT2D eigenvalue weighted by Crippen LogP contribution is -2.09. The number of carbonyl (C=O) groups is 1. The number of esters is 1. The van der Waals surface area contributed by atoms with Gasteiger partial charge < -0.3 is 4.74 Å². The maximum Gasteiger partial charge on any atom is 0.416 e. The zero-order valence-electron chi connectivity index (χ0n) is 9.88. The number of thiophene rings is 1. The quantitative estimate of drug-likeness (QED) is 0.771. The molecule has 6 heteroatoms. The summed E-state index contributed by atoms with van der Waals surface area (Å²) in [7, 11) is 1.22. The second kappa shape index (κ2) is 4.70. The van der Waals surface area contributed by atoms with Gasteiger partial charge in [0.15, 0.2) is 0 Å². The lowest BCUT2D eigenvalue weighted by Gasteiger charge is -2.10. The van der Waals surface area contributed by atoms with Gasteiger partial charge in [0, 0.05) is 10.3 Å². The minimum Gasteiger partial charge on any atom is -0.465 e. The van der Waals surface area contributed by atoms with Crippen LogP contribution < -0.4 is 0 Å². The number of ether oxygens (including phenoxy) is 1. The van der Waals surface area contributed by atoms with Crippen molar-refractivity contribution in [3.8, 4) is 0 Å². The van der Waals surface area contributed by atoms with E-state index in [9.17, 15) is 18.0 Å². The molecule has 2 rings (SSSR count). The van der Waals surface area contributed by atoms with E-state index in [-0.39, 0.29) is 10.4 Å².